The molecule has 1 aliphatic carbocycles. The highest BCUT2D eigenvalue weighted by Gasteiger charge is 2.40. The van der Waals surface area contributed by atoms with Crippen molar-refractivity contribution >= 4 is 17.1 Å². The van der Waals surface area contributed by atoms with Crippen LogP contribution in [0.2, 0.25) is 0 Å². The van der Waals surface area contributed by atoms with E-state index in [9.17, 15) is 0 Å². The Balaban J connectivity index is 1.52. The van der Waals surface area contributed by atoms with Crippen LogP contribution in [0, 0.1) is 0 Å². The van der Waals surface area contributed by atoms with Crippen molar-refractivity contribution in [2.45, 2.75) is 38.3 Å². The van der Waals surface area contributed by atoms with Gasteiger partial charge in [-0.25, -0.2) is 9.97 Å². The van der Waals surface area contributed by atoms with E-state index in [2.05, 4.69) is 45.6 Å². The quantitative estimate of drug-likeness (QED) is 0.456. The number of anilines is 2. The number of hydrogen-bond acceptors (Lipinski definition) is 8. The average molecular weight is 439 g/mol. The van der Waals surface area contributed by atoms with Crippen molar-refractivity contribution in [3.63, 3.8) is 0 Å². The molecular weight excluding hydrogens is 404 g/mol. The summed E-state index contributed by atoms with van der Waals surface area (Å²) < 4.78 is 11.4. The topological polar surface area (TPSA) is 88.8 Å². The van der Waals surface area contributed by atoms with E-state index in [-0.39, 0.29) is 5.60 Å². The summed E-state index contributed by atoms with van der Waals surface area (Å²) in [5.74, 6) is 7.51. The molecule has 8 heteroatoms. The Labute approximate surface area is 190 Å². The van der Waals surface area contributed by atoms with Gasteiger partial charge in [-0.3, -0.25) is 10.7 Å². The van der Waals surface area contributed by atoms with Crippen LogP contribution in [0.5, 0.6) is 5.75 Å². The molecule has 1 saturated heterocycles. The fourth-order valence-electron chi connectivity index (χ4n) is 4.09. The van der Waals surface area contributed by atoms with Gasteiger partial charge in [-0.15, -0.1) is 0 Å². The van der Waals surface area contributed by atoms with E-state index in [1.165, 1.54) is 0 Å². The van der Waals surface area contributed by atoms with Crippen LogP contribution < -0.4 is 20.9 Å². The second-order valence-corrected chi connectivity index (χ2v) is 8.97. The van der Waals surface area contributed by atoms with Crippen LogP contribution in [-0.4, -0.2) is 66.4 Å². The van der Waals surface area contributed by atoms with Crippen molar-refractivity contribution < 1.29 is 9.47 Å². The second-order valence-electron chi connectivity index (χ2n) is 8.97. The lowest BCUT2D eigenvalue weighted by Crippen LogP contribution is -2.53. The standard InChI is InChI=1S/C24H34N6O2/c1-17-15-30(10-9-29(17)11-12-31-4)23-14-22(26-16-27-23)18(2)20-13-19(5-6-21(20)28-25)32-24(3)7-8-24/h5-6,13-14,16-17,28H,2,7-12,15,25H2,1,3-4H3/t17-/m1/s1. The number of ether oxygens (including phenoxy) is 2. The molecule has 1 aromatic heterocycles. The molecule has 32 heavy (non-hydrogen) atoms. The smallest absolute Gasteiger partial charge is 0.132 e. The molecule has 0 amide bonds. The van der Waals surface area contributed by atoms with Gasteiger partial charge in [0.2, 0.25) is 0 Å². The highest BCUT2D eigenvalue weighted by Crippen LogP contribution is 2.41. The van der Waals surface area contributed by atoms with Crippen LogP contribution >= 0.6 is 0 Å². The average Bonchev–Trinajstić information content (AvgIpc) is 3.54. The van der Waals surface area contributed by atoms with E-state index in [1.807, 2.05) is 24.3 Å². The Hall–Kier alpha value is -2.68. The van der Waals surface area contributed by atoms with Gasteiger partial charge in [-0.05, 0) is 44.9 Å². The summed E-state index contributed by atoms with van der Waals surface area (Å²) in [6, 6.07) is 8.27. The minimum atomic E-state index is -0.0551. The minimum Gasteiger partial charge on any atom is -0.488 e. The van der Waals surface area contributed by atoms with E-state index in [1.54, 1.807) is 13.4 Å². The van der Waals surface area contributed by atoms with Crippen molar-refractivity contribution in [2.75, 3.05) is 50.2 Å². The Morgan fingerprint density at radius 2 is 2.09 bits per heavy atom. The monoisotopic (exact) mass is 438 g/mol. The van der Waals surface area contributed by atoms with Crippen molar-refractivity contribution in [1.82, 2.24) is 14.9 Å². The van der Waals surface area contributed by atoms with Gasteiger partial charge in [0.15, 0.2) is 0 Å². The maximum Gasteiger partial charge on any atom is 0.132 e. The first kappa shape index (κ1) is 22.5. The molecular formula is C24H34N6O2. The maximum atomic E-state index is 6.14. The fraction of sp³-hybridized carbons (Fsp3) is 0.500. The zero-order valence-corrected chi connectivity index (χ0v) is 19.3. The highest BCUT2D eigenvalue weighted by molar-refractivity contribution is 5.84. The summed E-state index contributed by atoms with van der Waals surface area (Å²) >= 11 is 0. The van der Waals surface area contributed by atoms with Crippen LogP contribution in [0.25, 0.3) is 5.57 Å². The largest absolute Gasteiger partial charge is 0.488 e. The number of methoxy groups -OCH3 is 1. The normalized spacial score (nSPS) is 20.1. The summed E-state index contributed by atoms with van der Waals surface area (Å²) in [5, 5.41) is 0. The molecule has 8 nitrogen and oxygen atoms in total. The summed E-state index contributed by atoms with van der Waals surface area (Å²) in [7, 11) is 1.75. The molecule has 3 N–H and O–H groups in total. The van der Waals surface area contributed by atoms with Gasteiger partial charge in [0.05, 0.1) is 18.0 Å². The molecule has 2 fully saturated rings. The molecule has 2 aliphatic rings. The third-order valence-corrected chi connectivity index (χ3v) is 6.42. The molecule has 1 saturated carbocycles. The Morgan fingerprint density at radius 3 is 2.78 bits per heavy atom. The number of nitrogens with two attached hydrogens (primary N) is 1. The summed E-state index contributed by atoms with van der Waals surface area (Å²) in [5.41, 5.74) is 5.92. The van der Waals surface area contributed by atoms with E-state index in [4.69, 9.17) is 15.3 Å². The van der Waals surface area contributed by atoms with Gasteiger partial charge in [0, 0.05) is 56.5 Å². The third-order valence-electron chi connectivity index (χ3n) is 6.42. The van der Waals surface area contributed by atoms with Crippen LogP contribution in [0.1, 0.15) is 37.9 Å². The number of rotatable bonds is 9. The first-order chi connectivity index (χ1) is 15.4. The molecule has 1 aliphatic heterocycles. The van der Waals surface area contributed by atoms with Crippen LogP contribution in [0.4, 0.5) is 11.5 Å². The van der Waals surface area contributed by atoms with Crippen molar-refractivity contribution in [3.8, 4) is 5.75 Å². The first-order valence-corrected chi connectivity index (χ1v) is 11.2. The van der Waals surface area contributed by atoms with Crippen LogP contribution in [-0.2, 0) is 4.74 Å². The minimum absolute atomic E-state index is 0.0551. The SMILES string of the molecule is C=C(c1cc(N2CCN(CCOC)[C@H](C)C2)ncn1)c1cc(OC2(C)CC2)ccc1NN. The molecule has 0 radical (unpaired) electrons. The molecule has 2 aromatic rings. The van der Waals surface area contributed by atoms with Gasteiger partial charge >= 0.3 is 0 Å². The summed E-state index contributed by atoms with van der Waals surface area (Å²) in [6.07, 6.45) is 3.76. The van der Waals surface area contributed by atoms with E-state index < -0.39 is 0 Å². The highest BCUT2D eigenvalue weighted by atomic mass is 16.5. The summed E-state index contributed by atoms with van der Waals surface area (Å²) in [6.45, 7) is 13.2. The zero-order chi connectivity index (χ0) is 22.7. The fourth-order valence-corrected chi connectivity index (χ4v) is 4.09. The number of piperazine rings is 1. The van der Waals surface area contributed by atoms with Gasteiger partial charge in [-0.2, -0.15) is 0 Å². The van der Waals surface area contributed by atoms with Gasteiger partial charge in [0.1, 0.15) is 23.5 Å². The number of benzene rings is 1. The van der Waals surface area contributed by atoms with Crippen molar-refractivity contribution in [1.29, 1.82) is 0 Å². The number of nitrogens with one attached hydrogen (secondary N) is 1. The molecule has 2 heterocycles. The zero-order valence-electron chi connectivity index (χ0n) is 19.3. The van der Waals surface area contributed by atoms with Crippen molar-refractivity contribution in [3.05, 3.63) is 48.4 Å². The van der Waals surface area contributed by atoms with E-state index >= 15 is 0 Å². The van der Waals surface area contributed by atoms with Gasteiger partial charge in [-0.1, -0.05) is 6.58 Å². The number of hydrogen-bond donors (Lipinski definition) is 2. The number of aromatic nitrogens is 2. The molecule has 4 rings (SSSR count). The number of hydrazine groups is 1. The molecule has 0 spiro atoms. The molecule has 0 unspecified atom stereocenters. The lowest BCUT2D eigenvalue weighted by Gasteiger charge is -2.40. The van der Waals surface area contributed by atoms with Crippen LogP contribution in [0.15, 0.2) is 37.2 Å². The van der Waals surface area contributed by atoms with Gasteiger partial charge in [0.25, 0.3) is 0 Å². The van der Waals surface area contributed by atoms with Crippen LogP contribution in [0.3, 0.4) is 0 Å². The predicted molar refractivity (Wildman–Crippen MR) is 128 cm³/mol. The molecule has 0 bridgehead atoms. The third kappa shape index (κ3) is 5.03. The lowest BCUT2D eigenvalue weighted by molar-refractivity contribution is 0.117. The Kier molecular flexibility index (Phi) is 6.64. The molecule has 1 atom stereocenters. The number of nitrogen functional groups attached to an aromatic ring is 1. The molecule has 172 valence electrons. The predicted octanol–water partition coefficient (Wildman–Crippen LogP) is 2.91. The van der Waals surface area contributed by atoms with Crippen molar-refractivity contribution in [2.24, 2.45) is 5.84 Å². The Morgan fingerprint density at radius 1 is 1.28 bits per heavy atom. The maximum absolute atomic E-state index is 6.14. The van der Waals surface area contributed by atoms with E-state index in [0.29, 0.717) is 6.04 Å². The lowest BCUT2D eigenvalue weighted by atomic mass is 10.0. The first-order valence-electron chi connectivity index (χ1n) is 11.2. The Bertz CT molecular complexity index is 961. The molecule has 1 aromatic carbocycles. The second kappa shape index (κ2) is 9.44. The van der Waals surface area contributed by atoms with Gasteiger partial charge < -0.3 is 19.8 Å². The summed E-state index contributed by atoms with van der Waals surface area (Å²) in [4.78, 5) is 13.8. The van der Waals surface area contributed by atoms with E-state index in [0.717, 1.165) is 79.7 Å². The number of nitrogens with zero attached hydrogens (tertiary/aromatic N) is 4.